The van der Waals surface area contributed by atoms with Crippen LogP contribution in [-0.4, -0.2) is 72.3 Å². The highest BCUT2D eigenvalue weighted by Crippen LogP contribution is 2.26. The van der Waals surface area contributed by atoms with Crippen LogP contribution in [0.2, 0.25) is 51.4 Å². The standard InChI is InChI=1S/C28H42N2O8Si3/c1-39(2,19-11-17-29-25(31)21-13-7-9-15-23(21)27(33)34)37-41(5,6)38-40(3,4)20-12-18-30-26(32)22-14-8-10-16-24(22)28(35)36/h7-10,13-16H,11-12,17-20H2,1-6H3,(H,29,31)(H,30,32)(H,33,34)(H,35,36). The van der Waals surface area contributed by atoms with Gasteiger partial charge in [-0.25, -0.2) is 9.59 Å². The van der Waals surface area contributed by atoms with Crippen LogP contribution >= 0.6 is 0 Å². The third-order valence-electron chi connectivity index (χ3n) is 6.33. The maximum Gasteiger partial charge on any atom is 0.336 e. The Bertz CT molecular complexity index is 1160. The van der Waals surface area contributed by atoms with Gasteiger partial charge in [-0.15, -0.1) is 0 Å². The number of carboxylic acid groups (broad SMARTS) is 2. The van der Waals surface area contributed by atoms with Gasteiger partial charge in [0, 0.05) is 13.1 Å². The first kappa shape index (κ1) is 34.1. The fraction of sp³-hybridized carbons (Fsp3) is 0.429. The van der Waals surface area contributed by atoms with Crippen molar-refractivity contribution in [3.05, 3.63) is 70.8 Å². The molecule has 0 aliphatic rings. The maximum absolute atomic E-state index is 12.5. The second-order valence-electron chi connectivity index (χ2n) is 11.5. The van der Waals surface area contributed by atoms with E-state index in [1.54, 1.807) is 24.3 Å². The van der Waals surface area contributed by atoms with Crippen molar-refractivity contribution in [2.45, 2.75) is 64.2 Å². The Morgan fingerprint density at radius 1 is 0.610 bits per heavy atom. The Morgan fingerprint density at radius 3 is 1.24 bits per heavy atom. The molecule has 0 saturated heterocycles. The van der Waals surface area contributed by atoms with Crippen molar-refractivity contribution in [1.82, 2.24) is 10.6 Å². The summed E-state index contributed by atoms with van der Waals surface area (Å²) in [5, 5.41) is 24.2. The molecule has 0 saturated carbocycles. The van der Waals surface area contributed by atoms with Crippen LogP contribution in [0.3, 0.4) is 0 Å². The molecule has 0 aliphatic heterocycles. The zero-order valence-corrected chi connectivity index (χ0v) is 27.7. The molecule has 41 heavy (non-hydrogen) atoms. The molecule has 4 N–H and O–H groups in total. The summed E-state index contributed by atoms with van der Waals surface area (Å²) in [5.41, 5.74) is 0.245. The lowest BCUT2D eigenvalue weighted by Crippen LogP contribution is -2.52. The topological polar surface area (TPSA) is 151 Å². The van der Waals surface area contributed by atoms with Crippen molar-refractivity contribution in [2.75, 3.05) is 13.1 Å². The van der Waals surface area contributed by atoms with Crippen LogP contribution in [-0.2, 0) is 8.23 Å². The number of carboxylic acids is 2. The normalized spacial score (nSPS) is 12.0. The zero-order chi connectivity index (χ0) is 30.8. The van der Waals surface area contributed by atoms with E-state index in [1.165, 1.54) is 24.3 Å². The number of rotatable bonds is 16. The molecule has 0 radical (unpaired) electrons. The quantitative estimate of drug-likeness (QED) is 0.149. The summed E-state index contributed by atoms with van der Waals surface area (Å²) in [6.07, 6.45) is 1.41. The van der Waals surface area contributed by atoms with Gasteiger partial charge in [-0.2, -0.15) is 0 Å². The van der Waals surface area contributed by atoms with Crippen LogP contribution in [0.15, 0.2) is 48.5 Å². The summed E-state index contributed by atoms with van der Waals surface area (Å²) in [6.45, 7) is 13.4. The predicted molar refractivity (Wildman–Crippen MR) is 165 cm³/mol. The lowest BCUT2D eigenvalue weighted by molar-refractivity contribution is 0.0682. The maximum atomic E-state index is 12.5. The van der Waals surface area contributed by atoms with Gasteiger partial charge in [-0.3, -0.25) is 9.59 Å². The number of carbonyl (C=O) groups excluding carboxylic acids is 2. The van der Waals surface area contributed by atoms with Crippen molar-refractivity contribution in [1.29, 1.82) is 0 Å². The molecule has 2 aromatic carbocycles. The summed E-state index contributed by atoms with van der Waals surface area (Å²) < 4.78 is 13.2. The lowest BCUT2D eigenvalue weighted by Gasteiger charge is -2.38. The zero-order valence-electron chi connectivity index (χ0n) is 24.7. The van der Waals surface area contributed by atoms with Gasteiger partial charge in [0.05, 0.1) is 22.3 Å². The van der Waals surface area contributed by atoms with E-state index in [0.29, 0.717) is 25.9 Å². The van der Waals surface area contributed by atoms with E-state index in [-0.39, 0.29) is 22.3 Å². The average molecular weight is 619 g/mol. The summed E-state index contributed by atoms with van der Waals surface area (Å²) in [7, 11) is -6.70. The largest absolute Gasteiger partial charge is 0.478 e. The molecular formula is C28H42N2O8Si3. The highest BCUT2D eigenvalue weighted by molar-refractivity contribution is 6.87. The first-order valence-electron chi connectivity index (χ1n) is 13.6. The second-order valence-corrected chi connectivity index (χ2v) is 24.0. The van der Waals surface area contributed by atoms with Gasteiger partial charge in [-0.05, 0) is 88.5 Å². The van der Waals surface area contributed by atoms with Crippen molar-refractivity contribution in [3.8, 4) is 0 Å². The molecule has 2 amide bonds. The third kappa shape index (κ3) is 11.4. The number of aromatic carboxylic acids is 2. The van der Waals surface area contributed by atoms with Gasteiger partial charge in [0.2, 0.25) is 0 Å². The number of hydrogen-bond acceptors (Lipinski definition) is 6. The van der Waals surface area contributed by atoms with Crippen LogP contribution < -0.4 is 10.6 Å². The van der Waals surface area contributed by atoms with Crippen LogP contribution in [0.5, 0.6) is 0 Å². The van der Waals surface area contributed by atoms with E-state index < -0.39 is 48.9 Å². The Labute approximate surface area is 245 Å². The molecule has 2 rings (SSSR count). The number of nitrogens with one attached hydrogen (secondary N) is 2. The van der Waals surface area contributed by atoms with Crippen molar-refractivity contribution < 1.29 is 37.6 Å². The minimum Gasteiger partial charge on any atom is -0.478 e. The molecule has 0 unspecified atom stereocenters. The molecule has 0 fully saturated rings. The number of hydrogen-bond donors (Lipinski definition) is 4. The van der Waals surface area contributed by atoms with Crippen LogP contribution in [0.4, 0.5) is 0 Å². The van der Waals surface area contributed by atoms with Crippen molar-refractivity contribution >= 4 is 48.9 Å². The Balaban J connectivity index is 1.79. The molecule has 0 heterocycles. The molecule has 0 atom stereocenters. The molecule has 2 aromatic rings. The van der Waals surface area contributed by atoms with Gasteiger partial charge in [0.1, 0.15) is 0 Å². The lowest BCUT2D eigenvalue weighted by atomic mass is 10.1. The summed E-state index contributed by atoms with van der Waals surface area (Å²) in [4.78, 5) is 47.7. The van der Waals surface area contributed by atoms with E-state index in [0.717, 1.165) is 12.1 Å². The number of benzene rings is 2. The van der Waals surface area contributed by atoms with Crippen LogP contribution in [0.25, 0.3) is 0 Å². The van der Waals surface area contributed by atoms with E-state index in [1.807, 2.05) is 13.1 Å². The Morgan fingerprint density at radius 2 is 0.927 bits per heavy atom. The molecule has 13 heteroatoms. The Kier molecular flexibility index (Phi) is 12.2. The minimum atomic E-state index is -2.47. The van der Waals surface area contributed by atoms with E-state index in [2.05, 4.69) is 36.8 Å². The van der Waals surface area contributed by atoms with Crippen LogP contribution in [0.1, 0.15) is 54.3 Å². The molecule has 0 aliphatic carbocycles. The first-order valence-corrected chi connectivity index (χ1v) is 22.7. The van der Waals surface area contributed by atoms with Gasteiger partial charge in [0.15, 0.2) is 16.6 Å². The summed E-state index contributed by atoms with van der Waals surface area (Å²) in [6, 6.07) is 13.9. The van der Waals surface area contributed by atoms with Gasteiger partial charge in [0.25, 0.3) is 11.8 Å². The highest BCUT2D eigenvalue weighted by atomic mass is 28.5. The molecule has 0 bridgehead atoms. The fourth-order valence-electron chi connectivity index (χ4n) is 4.81. The second kappa shape index (κ2) is 14.7. The Hall–Kier alpha value is -3.11. The SMILES string of the molecule is C[Si](C)(CCCNC(=O)c1ccccc1C(=O)O)O[Si](C)(C)O[Si](C)(C)CCCNC(=O)c1ccccc1C(=O)O. The molecular weight excluding hydrogens is 577 g/mol. The van der Waals surface area contributed by atoms with Gasteiger partial charge in [-0.1, -0.05) is 24.3 Å². The van der Waals surface area contributed by atoms with Crippen LogP contribution in [0, 0.1) is 0 Å². The van der Waals surface area contributed by atoms with E-state index >= 15 is 0 Å². The van der Waals surface area contributed by atoms with E-state index in [4.69, 9.17) is 8.23 Å². The monoisotopic (exact) mass is 618 g/mol. The predicted octanol–water partition coefficient (Wildman–Crippen LogP) is 5.17. The van der Waals surface area contributed by atoms with Gasteiger partial charge >= 0.3 is 20.5 Å². The first-order chi connectivity index (χ1) is 19.0. The molecule has 0 spiro atoms. The number of amides is 2. The van der Waals surface area contributed by atoms with Gasteiger partial charge < -0.3 is 29.1 Å². The molecule has 0 aromatic heterocycles. The van der Waals surface area contributed by atoms with E-state index in [9.17, 15) is 29.4 Å². The number of carbonyl (C=O) groups is 4. The fourth-order valence-corrected chi connectivity index (χ4v) is 18.9. The molecule has 224 valence electrons. The summed E-state index contributed by atoms with van der Waals surface area (Å²) in [5.74, 6) is -3.09. The molecule has 10 nitrogen and oxygen atoms in total. The smallest absolute Gasteiger partial charge is 0.336 e. The summed E-state index contributed by atoms with van der Waals surface area (Å²) >= 11 is 0. The van der Waals surface area contributed by atoms with Crippen molar-refractivity contribution in [3.63, 3.8) is 0 Å². The minimum absolute atomic E-state index is 0.0226. The average Bonchev–Trinajstić information content (AvgIpc) is 2.87. The van der Waals surface area contributed by atoms with Crippen molar-refractivity contribution in [2.24, 2.45) is 0 Å². The third-order valence-corrected chi connectivity index (χ3v) is 17.8. The highest BCUT2D eigenvalue weighted by Gasteiger charge is 2.39.